The van der Waals surface area contributed by atoms with Crippen molar-refractivity contribution in [1.82, 2.24) is 5.32 Å². The van der Waals surface area contributed by atoms with Gasteiger partial charge in [0.05, 0.1) is 0 Å². The molecule has 0 aromatic heterocycles. The number of nitrogens with one attached hydrogen (secondary N) is 1. The van der Waals surface area contributed by atoms with Gasteiger partial charge in [-0.05, 0) is 11.8 Å². The maximum absolute atomic E-state index is 4.53. The van der Waals surface area contributed by atoms with E-state index in [4.69, 9.17) is 0 Å². The molecule has 1 aromatic rings. The van der Waals surface area contributed by atoms with E-state index in [1.54, 1.807) is 6.20 Å². The largest absolute Gasteiger partial charge is 0.471 e. The molecule has 0 amide bonds. The van der Waals surface area contributed by atoms with Crippen molar-refractivity contribution in [3.8, 4) is 0 Å². The molecule has 1 aromatic carbocycles. The third kappa shape index (κ3) is 7.51. The zero-order valence-corrected chi connectivity index (χ0v) is 12.3. The third-order valence-corrected chi connectivity index (χ3v) is 1.29. The van der Waals surface area contributed by atoms with Crippen LogP contribution in [0.5, 0.6) is 0 Å². The Balaban J connectivity index is 0.000000424. The van der Waals surface area contributed by atoms with E-state index >= 15 is 0 Å². The molecule has 0 saturated heterocycles. The summed E-state index contributed by atoms with van der Waals surface area (Å²) < 4.78 is 4.53. The third-order valence-electron chi connectivity index (χ3n) is 1.29. The van der Waals surface area contributed by atoms with Crippen LogP contribution in [0.25, 0.3) is 0 Å². The van der Waals surface area contributed by atoms with Crippen LogP contribution in [0.4, 0.5) is 0 Å². The van der Waals surface area contributed by atoms with Gasteiger partial charge < -0.3 is 9.43 Å². The van der Waals surface area contributed by atoms with E-state index in [1.807, 2.05) is 18.2 Å². The molecule has 72 valence electrons. The predicted molar refractivity (Wildman–Crippen MR) is 64.4 cm³/mol. The average Bonchev–Trinajstić information content (AvgIpc) is 2.18. The minimum atomic E-state index is 0.865. The molecule has 0 saturated carbocycles. The van der Waals surface area contributed by atoms with Crippen molar-refractivity contribution in [2.24, 2.45) is 0 Å². The fourth-order valence-corrected chi connectivity index (χ4v) is 0.786. The fourth-order valence-electron chi connectivity index (χ4n) is 0.786. The van der Waals surface area contributed by atoms with Crippen molar-refractivity contribution < 1.29 is 4.12 Å². The maximum Gasteiger partial charge on any atom is 0.129 e. The van der Waals surface area contributed by atoms with Crippen molar-refractivity contribution >= 4 is 21.0 Å². The number of rotatable bonds is 3. The highest BCUT2D eigenvalue weighted by Crippen LogP contribution is 1.96. The van der Waals surface area contributed by atoms with E-state index in [1.165, 1.54) is 5.56 Å². The second-order valence-corrected chi connectivity index (χ2v) is 5.74. The summed E-state index contributed by atoms with van der Waals surface area (Å²) in [4.78, 5) is 0. The monoisotopic (exact) mass is 211 g/mol. The minimum Gasteiger partial charge on any atom is -0.471 e. The van der Waals surface area contributed by atoms with Gasteiger partial charge in [-0.1, -0.05) is 36.9 Å². The van der Waals surface area contributed by atoms with Crippen LogP contribution in [0.1, 0.15) is 5.56 Å². The van der Waals surface area contributed by atoms with Crippen LogP contribution in [-0.2, 0) is 10.7 Å². The molecule has 1 rings (SSSR count). The van der Waals surface area contributed by atoms with Crippen LogP contribution >= 0.6 is 0 Å². The summed E-state index contributed by atoms with van der Waals surface area (Å²) in [7, 11) is 1.86. The molecular weight excluding hydrogens is 194 g/mol. The van der Waals surface area contributed by atoms with Crippen LogP contribution in [-0.4, -0.2) is 21.0 Å². The Morgan fingerprint density at radius 2 is 1.85 bits per heavy atom. The Bertz CT molecular complexity index is 216. The van der Waals surface area contributed by atoms with Gasteiger partial charge in [0.15, 0.2) is 0 Å². The lowest BCUT2D eigenvalue weighted by molar-refractivity contribution is 0.690. The van der Waals surface area contributed by atoms with Gasteiger partial charge >= 0.3 is 0 Å². The van der Waals surface area contributed by atoms with E-state index in [0.717, 1.165) is 27.5 Å². The van der Waals surface area contributed by atoms with Crippen molar-refractivity contribution in [2.45, 2.75) is 6.54 Å². The standard InChI is InChI=1S/C9H11N.H6OSi2/c1-2-10-8-9-6-4-3-5-7-9;2-1-3/h2-7,10H,1,8H2;2-3H3. The highest BCUT2D eigenvalue weighted by atomic mass is 28.3. The number of benzene rings is 1. The number of hydrogen-bond acceptors (Lipinski definition) is 2. The molecule has 0 unspecified atom stereocenters. The van der Waals surface area contributed by atoms with Gasteiger partial charge in [-0.3, -0.25) is 0 Å². The molecule has 0 spiro atoms. The summed E-state index contributed by atoms with van der Waals surface area (Å²) in [6, 6.07) is 10.2. The lowest BCUT2D eigenvalue weighted by atomic mass is 10.2. The molecule has 0 atom stereocenters. The first kappa shape index (κ1) is 12.2. The number of hydrogen-bond donors (Lipinski definition) is 1. The Labute approximate surface area is 86.1 Å². The van der Waals surface area contributed by atoms with Crippen LogP contribution < -0.4 is 5.32 Å². The van der Waals surface area contributed by atoms with E-state index in [0.29, 0.717) is 0 Å². The Morgan fingerprint density at radius 1 is 1.31 bits per heavy atom. The van der Waals surface area contributed by atoms with Crippen LogP contribution in [0.3, 0.4) is 0 Å². The zero-order chi connectivity index (χ0) is 9.94. The van der Waals surface area contributed by atoms with E-state index < -0.39 is 0 Å². The molecule has 1 N–H and O–H groups in total. The summed E-state index contributed by atoms with van der Waals surface area (Å²) in [5.74, 6) is 0. The van der Waals surface area contributed by atoms with Gasteiger partial charge in [0, 0.05) is 6.54 Å². The first-order valence-electron chi connectivity index (χ1n) is 4.13. The van der Waals surface area contributed by atoms with Gasteiger partial charge in [-0.15, -0.1) is 0 Å². The van der Waals surface area contributed by atoms with Crippen molar-refractivity contribution in [3.05, 3.63) is 48.7 Å². The molecule has 0 radical (unpaired) electrons. The molecule has 0 fully saturated rings. The molecule has 0 aliphatic rings. The first-order chi connectivity index (χ1) is 6.35. The van der Waals surface area contributed by atoms with Crippen LogP contribution in [0.2, 0.25) is 0 Å². The van der Waals surface area contributed by atoms with Crippen LogP contribution in [0.15, 0.2) is 43.1 Å². The van der Waals surface area contributed by atoms with Gasteiger partial charge in [-0.2, -0.15) is 0 Å². The summed E-state index contributed by atoms with van der Waals surface area (Å²) in [5, 5.41) is 3.03. The van der Waals surface area contributed by atoms with Gasteiger partial charge in [-0.25, -0.2) is 0 Å². The second-order valence-electron chi connectivity index (χ2n) is 2.48. The minimum absolute atomic E-state index is 0.865. The summed E-state index contributed by atoms with van der Waals surface area (Å²) in [6.07, 6.45) is 1.70. The van der Waals surface area contributed by atoms with Crippen molar-refractivity contribution in [3.63, 3.8) is 0 Å². The summed E-state index contributed by atoms with van der Waals surface area (Å²) >= 11 is 0. The van der Waals surface area contributed by atoms with E-state index in [2.05, 4.69) is 28.1 Å². The molecule has 2 nitrogen and oxygen atoms in total. The van der Waals surface area contributed by atoms with Gasteiger partial charge in [0.25, 0.3) is 0 Å². The average molecular weight is 211 g/mol. The zero-order valence-electron chi connectivity index (χ0n) is 8.29. The quantitative estimate of drug-likeness (QED) is 0.680. The van der Waals surface area contributed by atoms with E-state index in [-0.39, 0.29) is 0 Å². The predicted octanol–water partition coefficient (Wildman–Crippen LogP) is -0.517. The molecule has 0 heterocycles. The highest BCUT2D eigenvalue weighted by molar-refractivity contribution is 6.15. The van der Waals surface area contributed by atoms with E-state index in [9.17, 15) is 0 Å². The maximum atomic E-state index is 4.53. The lowest BCUT2D eigenvalue weighted by Gasteiger charge is -1.98. The molecule has 13 heavy (non-hydrogen) atoms. The molecule has 0 aliphatic carbocycles. The fraction of sp³-hybridized carbons (Fsp3) is 0.111. The highest BCUT2D eigenvalue weighted by Gasteiger charge is 1.84. The Morgan fingerprint density at radius 3 is 2.31 bits per heavy atom. The second kappa shape index (κ2) is 9.24. The van der Waals surface area contributed by atoms with Crippen LogP contribution in [0, 0.1) is 0 Å². The topological polar surface area (TPSA) is 21.3 Å². The normalized spacial score (nSPS) is 8.62. The molecule has 0 bridgehead atoms. The smallest absolute Gasteiger partial charge is 0.129 e. The summed E-state index contributed by atoms with van der Waals surface area (Å²) in [5.41, 5.74) is 1.28. The first-order valence-corrected chi connectivity index (χ1v) is 5.76. The van der Waals surface area contributed by atoms with Crippen molar-refractivity contribution in [2.75, 3.05) is 0 Å². The van der Waals surface area contributed by atoms with Gasteiger partial charge in [0.1, 0.15) is 21.0 Å². The Hall–Kier alpha value is -0.846. The molecule has 4 heteroatoms. The van der Waals surface area contributed by atoms with Crippen molar-refractivity contribution in [1.29, 1.82) is 0 Å². The SMILES string of the molecule is C=CNCc1ccccc1.[SiH3]O[SiH3]. The Kier molecular flexibility index (Phi) is 8.64. The lowest BCUT2D eigenvalue weighted by Crippen LogP contribution is -2.02. The molecular formula is C9H17NOSi2. The molecule has 0 aliphatic heterocycles. The van der Waals surface area contributed by atoms with Gasteiger partial charge in [0.2, 0.25) is 0 Å². The summed E-state index contributed by atoms with van der Waals surface area (Å²) in [6.45, 7) is 4.43.